The van der Waals surface area contributed by atoms with E-state index in [0.29, 0.717) is 95.9 Å². The van der Waals surface area contributed by atoms with Gasteiger partial charge in [0.25, 0.3) is 0 Å². The molecule has 9 atom stereocenters. The SMILES string of the molecule is CI(C)C1C(COP(=O)(OC2C(N3CCCC3=O)c3cc(C#N)ccc3OC2(C)C)OC2C(N3CCCC3=O)c3cc(C#N)ccc3OC2(C)C)C1(C)OC1C(N2CCCC2=O)c2cc(C#N)ccc2OC1(C)C. The van der Waals surface area contributed by atoms with Crippen LogP contribution in [0.15, 0.2) is 54.6 Å². The number of ether oxygens (including phenoxy) is 4. The molecule has 0 radical (unpaired) electrons. The molecule has 6 heterocycles. The van der Waals surface area contributed by atoms with Crippen molar-refractivity contribution in [2.75, 3.05) is 36.1 Å². The normalized spacial score (nSPS) is 31.1. The van der Waals surface area contributed by atoms with Crippen molar-refractivity contribution in [3.05, 3.63) is 88.0 Å². The van der Waals surface area contributed by atoms with Crippen LogP contribution in [0.1, 0.15) is 138 Å². The van der Waals surface area contributed by atoms with Gasteiger partial charge in [-0.2, -0.15) is 10.5 Å². The van der Waals surface area contributed by atoms with Gasteiger partial charge in [-0.3, -0.25) is 0 Å². The average molecular weight is 1140 g/mol. The van der Waals surface area contributed by atoms with Crippen molar-refractivity contribution in [2.45, 2.75) is 150 Å². The molecular weight excluding hydrogens is 1080 g/mol. The van der Waals surface area contributed by atoms with Crippen molar-refractivity contribution in [3.8, 4) is 35.5 Å². The molecule has 392 valence electrons. The molecule has 17 nitrogen and oxygen atoms in total. The number of carbonyl (C=O) groups excluding carboxylic acids is 3. The number of fused-ring (bicyclic) bond motifs is 3. The Morgan fingerprint density at radius 1 is 0.595 bits per heavy atom. The van der Waals surface area contributed by atoms with E-state index in [2.05, 4.69) is 28.1 Å². The van der Waals surface area contributed by atoms with Crippen molar-refractivity contribution in [1.82, 2.24) is 14.7 Å². The summed E-state index contributed by atoms with van der Waals surface area (Å²) in [5.74, 6) is 0.814. The summed E-state index contributed by atoms with van der Waals surface area (Å²) in [7, 11) is -4.97. The molecule has 0 spiro atoms. The molecule has 3 saturated heterocycles. The number of hydrogen-bond acceptors (Lipinski definition) is 14. The quantitative estimate of drug-likeness (QED) is 0.0888. The number of nitrogens with zero attached hydrogens (tertiary/aromatic N) is 6. The Labute approximate surface area is 440 Å². The number of rotatable bonds is 13. The third-order valence-corrected chi connectivity index (χ3v) is 22.2. The summed E-state index contributed by atoms with van der Waals surface area (Å²) < 4.78 is 65.0. The Hall–Kier alpha value is -5.26. The summed E-state index contributed by atoms with van der Waals surface area (Å²) in [6, 6.07) is 19.6. The molecule has 10 rings (SSSR count). The molecular formula is C55H64IN6O11P. The fourth-order valence-corrected chi connectivity index (χ4v) is 19.8. The Bertz CT molecular complexity index is 2860. The molecule has 0 N–H and O–H groups in total. The van der Waals surface area contributed by atoms with Gasteiger partial charge in [0.2, 0.25) is 0 Å². The molecule has 1 aliphatic carbocycles. The van der Waals surface area contributed by atoms with E-state index < -0.39 is 86.5 Å². The van der Waals surface area contributed by atoms with Crippen molar-refractivity contribution in [1.29, 1.82) is 15.8 Å². The Balaban J connectivity index is 1.06. The Kier molecular flexibility index (Phi) is 13.5. The number of halogens is 1. The van der Waals surface area contributed by atoms with E-state index in [9.17, 15) is 30.2 Å². The number of hydrogen-bond donors (Lipinski definition) is 0. The number of nitriles is 3. The molecule has 3 aromatic carbocycles. The third-order valence-electron chi connectivity index (χ3n) is 16.0. The van der Waals surface area contributed by atoms with Crippen molar-refractivity contribution in [3.63, 3.8) is 0 Å². The summed E-state index contributed by atoms with van der Waals surface area (Å²) in [6.45, 7) is 14.2. The van der Waals surface area contributed by atoms with Crippen LogP contribution in [-0.4, -0.2) is 113 Å². The summed E-state index contributed by atoms with van der Waals surface area (Å²) >= 11 is -1.86. The molecule has 9 unspecified atom stereocenters. The predicted molar refractivity (Wildman–Crippen MR) is 278 cm³/mol. The molecule has 0 bridgehead atoms. The molecule has 6 aliphatic heterocycles. The number of phosphoric acid groups is 1. The van der Waals surface area contributed by atoms with Crippen LogP contribution in [0.2, 0.25) is 0 Å². The zero-order chi connectivity index (χ0) is 52.9. The molecule has 0 aromatic heterocycles. The van der Waals surface area contributed by atoms with E-state index in [1.807, 2.05) is 25.7 Å². The van der Waals surface area contributed by atoms with Crippen LogP contribution in [0.4, 0.5) is 0 Å². The summed E-state index contributed by atoms with van der Waals surface area (Å²) in [6.07, 6.45) is -0.309. The van der Waals surface area contributed by atoms with Crippen molar-refractivity contribution in [2.24, 2.45) is 5.92 Å². The molecule has 7 aliphatic rings. The Morgan fingerprint density at radius 2 is 0.946 bits per heavy atom. The van der Waals surface area contributed by atoms with Gasteiger partial charge in [-0.15, -0.1) is 0 Å². The van der Waals surface area contributed by atoms with E-state index in [4.69, 9.17) is 32.5 Å². The molecule has 3 amide bonds. The third kappa shape index (κ3) is 9.13. The number of carbonyl (C=O) groups is 3. The summed E-state index contributed by atoms with van der Waals surface area (Å²) in [4.78, 5) is 51.2. The molecule has 19 heteroatoms. The first-order valence-corrected chi connectivity index (χ1v) is 32.4. The number of phosphoric ester groups is 1. The zero-order valence-electron chi connectivity index (χ0n) is 43.4. The fourth-order valence-electron chi connectivity index (χ4n) is 12.4. The summed E-state index contributed by atoms with van der Waals surface area (Å²) in [5.41, 5.74) is -1.58. The van der Waals surface area contributed by atoms with Gasteiger partial charge in [0.15, 0.2) is 0 Å². The second-order valence-electron chi connectivity index (χ2n) is 22.5. The van der Waals surface area contributed by atoms with Crippen LogP contribution >= 0.6 is 27.6 Å². The van der Waals surface area contributed by atoms with E-state index >= 15 is 4.57 Å². The standard InChI is InChI=1S/C55H64IN6O11P/c1-52(2)49(45(60-22-10-13-42(60)63)35-25-32(28-57)16-19-39(35)68-52)71-55(7)38(48(55)56(8)9)31-67-74(66,72-50-46(61-23-11-14-43(61)64)36-26-33(29-58)17-20-40(36)69-53(50,3)4)73-51-47(62-24-12-15-44(62)65)37-27-34(30-59)18-21-41(37)70-54(51,5)6/h16-21,25-27,38,45-51H,10-15,22-24,31H2,1-9H3. The van der Waals surface area contributed by atoms with Gasteiger partial charge in [0, 0.05) is 0 Å². The molecule has 74 heavy (non-hydrogen) atoms. The van der Waals surface area contributed by atoms with Gasteiger partial charge >= 0.3 is 432 Å². The van der Waals surface area contributed by atoms with Crippen molar-refractivity contribution < 1.29 is 51.5 Å². The van der Waals surface area contributed by atoms with Gasteiger partial charge in [-0.05, 0) is 0 Å². The van der Waals surface area contributed by atoms with Crippen LogP contribution < -0.4 is 14.2 Å². The first kappa shape index (κ1) is 52.2. The van der Waals surface area contributed by atoms with Crippen LogP contribution in [0, 0.1) is 39.9 Å². The van der Waals surface area contributed by atoms with Crippen LogP contribution in [0.25, 0.3) is 0 Å². The van der Waals surface area contributed by atoms with Gasteiger partial charge in [0.1, 0.15) is 0 Å². The van der Waals surface area contributed by atoms with Gasteiger partial charge in [0.05, 0.1) is 0 Å². The van der Waals surface area contributed by atoms with Crippen LogP contribution in [0.5, 0.6) is 17.2 Å². The zero-order valence-corrected chi connectivity index (χ0v) is 46.4. The maximum absolute atomic E-state index is 16.6. The van der Waals surface area contributed by atoms with E-state index in [1.54, 1.807) is 92.1 Å². The summed E-state index contributed by atoms with van der Waals surface area (Å²) in [5, 5.41) is 30.2. The van der Waals surface area contributed by atoms with E-state index in [-0.39, 0.29) is 47.0 Å². The van der Waals surface area contributed by atoms with E-state index in [0.717, 1.165) is 0 Å². The number of alkyl halides is 3. The molecule has 1 saturated carbocycles. The average Bonchev–Trinajstić information content (AvgIpc) is 3.80. The number of likely N-dealkylation sites (tertiary alicyclic amines) is 3. The Morgan fingerprint density at radius 3 is 1.27 bits per heavy atom. The second kappa shape index (κ2) is 19.1. The van der Waals surface area contributed by atoms with Gasteiger partial charge in [-0.25, -0.2) is 0 Å². The minimum absolute atomic E-state index is 0.00768. The maximum atomic E-state index is 16.6. The first-order chi connectivity index (χ1) is 35.0. The molecule has 3 aromatic rings. The number of benzene rings is 3. The minimum atomic E-state index is -4.97. The van der Waals surface area contributed by atoms with Crippen LogP contribution in [0.3, 0.4) is 0 Å². The molecule has 4 fully saturated rings. The van der Waals surface area contributed by atoms with Crippen molar-refractivity contribution >= 4 is 45.4 Å². The monoisotopic (exact) mass is 1140 g/mol. The van der Waals surface area contributed by atoms with Gasteiger partial charge < -0.3 is 0 Å². The fraction of sp³-hybridized carbons (Fsp3) is 0.564. The van der Waals surface area contributed by atoms with Crippen LogP contribution in [-0.2, 0) is 37.3 Å². The predicted octanol–water partition coefficient (Wildman–Crippen LogP) is 9.01. The van der Waals surface area contributed by atoms with E-state index in [1.165, 1.54) is 0 Å². The number of amides is 3. The first-order valence-electron chi connectivity index (χ1n) is 25.4. The topological polar surface area (TPSA) is 214 Å². The second-order valence-corrected chi connectivity index (χ2v) is 30.0. The van der Waals surface area contributed by atoms with Gasteiger partial charge in [-0.1, -0.05) is 0 Å².